The van der Waals surface area contributed by atoms with Gasteiger partial charge in [-0.2, -0.15) is 0 Å². The minimum atomic E-state index is 0.818. The van der Waals surface area contributed by atoms with Crippen LogP contribution in [0.15, 0.2) is 173 Å². The molecule has 228 valence electrons. The van der Waals surface area contributed by atoms with Crippen LogP contribution in [0, 0.1) is 0 Å². The summed E-state index contributed by atoms with van der Waals surface area (Å²) >= 11 is 0. The van der Waals surface area contributed by atoms with Crippen molar-refractivity contribution in [2.45, 2.75) is 0 Å². The molecular formula is C46H27NO2. The molecule has 0 fully saturated rings. The summed E-state index contributed by atoms with van der Waals surface area (Å²) in [6.07, 6.45) is 0. The number of hydrogen-bond acceptors (Lipinski definition) is 2. The first kappa shape index (κ1) is 26.5. The Morgan fingerprint density at radius 3 is 1.67 bits per heavy atom. The number of hydrogen-bond donors (Lipinski definition) is 0. The first-order valence-corrected chi connectivity index (χ1v) is 16.7. The molecule has 0 atom stereocenters. The molecule has 0 unspecified atom stereocenters. The van der Waals surface area contributed by atoms with Crippen molar-refractivity contribution in [1.29, 1.82) is 0 Å². The Hall–Kier alpha value is -6.58. The van der Waals surface area contributed by atoms with Gasteiger partial charge in [0.05, 0.1) is 16.4 Å². The lowest BCUT2D eigenvalue weighted by Gasteiger charge is -2.17. The largest absolute Gasteiger partial charge is 0.456 e. The van der Waals surface area contributed by atoms with E-state index in [0.717, 1.165) is 60.7 Å². The quantitative estimate of drug-likeness (QED) is 0.183. The predicted molar refractivity (Wildman–Crippen MR) is 204 cm³/mol. The van der Waals surface area contributed by atoms with Crippen molar-refractivity contribution in [2.24, 2.45) is 0 Å². The molecule has 0 aliphatic rings. The van der Waals surface area contributed by atoms with Crippen LogP contribution in [0.25, 0.3) is 104 Å². The average Bonchev–Trinajstić information content (AvgIpc) is 3.85. The van der Waals surface area contributed by atoms with E-state index < -0.39 is 0 Å². The zero-order valence-corrected chi connectivity index (χ0v) is 26.4. The van der Waals surface area contributed by atoms with Gasteiger partial charge >= 0.3 is 0 Å². The molecule has 0 bridgehead atoms. The van der Waals surface area contributed by atoms with E-state index in [1.165, 1.54) is 43.7 Å². The third-order valence-electron chi connectivity index (χ3n) is 10.2. The van der Waals surface area contributed by atoms with Crippen molar-refractivity contribution in [3.05, 3.63) is 164 Å². The van der Waals surface area contributed by atoms with Gasteiger partial charge in [0.25, 0.3) is 0 Å². The Bertz CT molecular complexity index is 3050. The van der Waals surface area contributed by atoms with Crippen molar-refractivity contribution >= 4 is 76.3 Å². The second-order valence-electron chi connectivity index (χ2n) is 12.8. The van der Waals surface area contributed by atoms with Gasteiger partial charge in [-0.25, -0.2) is 0 Å². The highest BCUT2D eigenvalue weighted by Crippen LogP contribution is 2.47. The lowest BCUT2D eigenvalue weighted by molar-refractivity contribution is 0.632. The van der Waals surface area contributed by atoms with E-state index in [4.69, 9.17) is 8.83 Å². The number of aromatic nitrogens is 1. The van der Waals surface area contributed by atoms with Gasteiger partial charge in [-0.15, -0.1) is 0 Å². The summed E-state index contributed by atoms with van der Waals surface area (Å²) in [4.78, 5) is 0. The van der Waals surface area contributed by atoms with Crippen LogP contribution in [0.1, 0.15) is 0 Å². The van der Waals surface area contributed by atoms with Gasteiger partial charge in [-0.05, 0) is 81.2 Å². The maximum Gasteiger partial charge on any atom is 0.146 e. The molecule has 0 spiro atoms. The maximum atomic E-state index is 6.71. The monoisotopic (exact) mass is 625 g/mol. The Kier molecular flexibility index (Phi) is 5.38. The van der Waals surface area contributed by atoms with Crippen LogP contribution in [-0.4, -0.2) is 4.57 Å². The number of benzene rings is 8. The number of nitrogens with zero attached hydrogens (tertiary/aromatic N) is 1. The highest BCUT2D eigenvalue weighted by molar-refractivity contribution is 6.23. The Balaban J connectivity index is 1.20. The van der Waals surface area contributed by atoms with Crippen molar-refractivity contribution in [3.63, 3.8) is 0 Å². The van der Waals surface area contributed by atoms with Crippen molar-refractivity contribution in [3.8, 4) is 28.1 Å². The van der Waals surface area contributed by atoms with Gasteiger partial charge in [0.15, 0.2) is 0 Å². The lowest BCUT2D eigenvalue weighted by Crippen LogP contribution is -1.94. The summed E-state index contributed by atoms with van der Waals surface area (Å²) in [7, 11) is 0. The third-order valence-corrected chi connectivity index (χ3v) is 10.2. The van der Waals surface area contributed by atoms with Gasteiger partial charge in [0.2, 0.25) is 0 Å². The first-order valence-electron chi connectivity index (χ1n) is 16.7. The Morgan fingerprint density at radius 2 is 0.918 bits per heavy atom. The number of para-hydroxylation sites is 3. The van der Waals surface area contributed by atoms with E-state index in [1.54, 1.807) is 0 Å². The molecule has 0 N–H and O–H groups in total. The van der Waals surface area contributed by atoms with Crippen LogP contribution < -0.4 is 0 Å². The average molecular weight is 626 g/mol. The topological polar surface area (TPSA) is 31.2 Å². The molecule has 0 aliphatic heterocycles. The van der Waals surface area contributed by atoms with Crippen LogP contribution in [0.5, 0.6) is 0 Å². The molecule has 3 aromatic heterocycles. The van der Waals surface area contributed by atoms with Gasteiger partial charge < -0.3 is 13.4 Å². The summed E-state index contributed by atoms with van der Waals surface area (Å²) in [5, 5.41) is 10.4. The fourth-order valence-corrected chi connectivity index (χ4v) is 8.11. The molecule has 8 aromatic carbocycles. The highest BCUT2D eigenvalue weighted by atomic mass is 16.3. The van der Waals surface area contributed by atoms with E-state index in [9.17, 15) is 0 Å². The summed E-state index contributed by atoms with van der Waals surface area (Å²) in [5.41, 5.74) is 9.60. The molecule has 3 heterocycles. The molecule has 0 amide bonds. The fraction of sp³-hybridized carbons (Fsp3) is 0. The first-order chi connectivity index (χ1) is 24.3. The summed E-state index contributed by atoms with van der Waals surface area (Å²) in [6.45, 7) is 0. The second kappa shape index (κ2) is 9.96. The zero-order valence-electron chi connectivity index (χ0n) is 26.4. The van der Waals surface area contributed by atoms with E-state index >= 15 is 0 Å². The third kappa shape index (κ3) is 3.73. The fourth-order valence-electron chi connectivity index (χ4n) is 8.11. The molecule has 49 heavy (non-hydrogen) atoms. The standard InChI is InChI=1S/C46H27NO2/c1-2-12-29(13-3-1)47-39-20-10-8-14-30(39)31-23-22-28(26-40(31)47)44-33-16-4-6-18-35(33)45(36-19-7-5-17-34(36)44)43-27-38-42(48-43)25-24-37-32-15-9-11-21-41(32)49-46(37)38/h1-27H. The summed E-state index contributed by atoms with van der Waals surface area (Å²) < 4.78 is 15.5. The minimum absolute atomic E-state index is 0.818. The second-order valence-corrected chi connectivity index (χ2v) is 12.8. The van der Waals surface area contributed by atoms with E-state index in [0.29, 0.717) is 0 Å². The number of fused-ring (bicyclic) bond motifs is 10. The molecule has 11 aromatic rings. The van der Waals surface area contributed by atoms with E-state index in [1.807, 2.05) is 12.1 Å². The van der Waals surface area contributed by atoms with Crippen LogP contribution in [-0.2, 0) is 0 Å². The van der Waals surface area contributed by atoms with E-state index in [2.05, 4.69) is 156 Å². The minimum Gasteiger partial charge on any atom is -0.456 e. The van der Waals surface area contributed by atoms with Gasteiger partial charge in [-0.3, -0.25) is 0 Å². The maximum absolute atomic E-state index is 6.71. The number of rotatable bonds is 3. The molecule has 0 saturated heterocycles. The van der Waals surface area contributed by atoms with Crippen molar-refractivity contribution < 1.29 is 8.83 Å². The van der Waals surface area contributed by atoms with Crippen LogP contribution in [0.3, 0.4) is 0 Å². The van der Waals surface area contributed by atoms with Crippen LogP contribution in [0.4, 0.5) is 0 Å². The van der Waals surface area contributed by atoms with Gasteiger partial charge in [0.1, 0.15) is 22.5 Å². The summed E-state index contributed by atoms with van der Waals surface area (Å²) in [6, 6.07) is 58.3. The molecule has 11 rings (SSSR count). The Morgan fingerprint density at radius 1 is 0.347 bits per heavy atom. The smallest absolute Gasteiger partial charge is 0.146 e. The number of furan rings is 2. The van der Waals surface area contributed by atoms with Crippen molar-refractivity contribution in [1.82, 2.24) is 4.57 Å². The summed E-state index contributed by atoms with van der Waals surface area (Å²) in [5.74, 6) is 0.835. The molecule has 0 aliphatic carbocycles. The van der Waals surface area contributed by atoms with Crippen molar-refractivity contribution in [2.75, 3.05) is 0 Å². The Labute approximate surface area is 280 Å². The molecule has 3 nitrogen and oxygen atoms in total. The van der Waals surface area contributed by atoms with Gasteiger partial charge in [-0.1, -0.05) is 115 Å². The molecular weight excluding hydrogens is 599 g/mol. The van der Waals surface area contributed by atoms with Crippen LogP contribution in [0.2, 0.25) is 0 Å². The molecule has 3 heteroatoms. The predicted octanol–water partition coefficient (Wildman–Crippen LogP) is 13.1. The SMILES string of the molecule is c1ccc(-n2c3ccccc3c3ccc(-c4c5ccccc5c(-c5cc6c(ccc7c8ccccc8oc67)o5)c5ccccc45)cc32)cc1. The highest BCUT2D eigenvalue weighted by Gasteiger charge is 2.22. The van der Waals surface area contributed by atoms with E-state index in [-0.39, 0.29) is 0 Å². The lowest BCUT2D eigenvalue weighted by atomic mass is 9.87. The molecule has 0 saturated carbocycles. The van der Waals surface area contributed by atoms with Gasteiger partial charge in [0, 0.05) is 32.8 Å². The molecule has 0 radical (unpaired) electrons. The zero-order chi connectivity index (χ0) is 32.1. The van der Waals surface area contributed by atoms with Crippen LogP contribution >= 0.6 is 0 Å². The normalized spacial score (nSPS) is 12.1.